The summed E-state index contributed by atoms with van der Waals surface area (Å²) in [6, 6.07) is 7.98. The number of rotatable bonds is 6. The number of hydrogen-bond acceptors (Lipinski definition) is 5. The normalized spacial score (nSPS) is 11.9. The molecule has 3 aromatic carbocycles. The van der Waals surface area contributed by atoms with Gasteiger partial charge in [0.05, 0.1) is 16.9 Å². The number of ether oxygens (including phenoxy) is 1. The van der Waals surface area contributed by atoms with Crippen molar-refractivity contribution in [1.29, 1.82) is 0 Å². The minimum absolute atomic E-state index is 0.342. The molecule has 0 amide bonds. The van der Waals surface area contributed by atoms with Crippen LogP contribution in [0, 0.1) is 29.1 Å². The van der Waals surface area contributed by atoms with E-state index in [0.717, 1.165) is 25.3 Å². The smallest absolute Gasteiger partial charge is 0.262 e. The molecule has 6 nitrogen and oxygen atoms in total. The number of nitrogens with one attached hydrogen (secondary N) is 1. The van der Waals surface area contributed by atoms with Crippen LogP contribution in [0.1, 0.15) is 0 Å². The molecular weight excluding hydrogens is 481 g/mol. The number of anilines is 1. The number of methoxy groups -OCH3 is 1. The molecule has 0 aliphatic carbocycles. The molecule has 1 N–H and O–H groups in total. The van der Waals surface area contributed by atoms with Crippen LogP contribution in [-0.4, -0.2) is 23.9 Å². The lowest BCUT2D eigenvalue weighted by atomic mass is 10.2. The van der Waals surface area contributed by atoms with Gasteiger partial charge in [-0.2, -0.15) is 0 Å². The van der Waals surface area contributed by atoms with E-state index in [1.165, 1.54) is 22.9 Å². The summed E-state index contributed by atoms with van der Waals surface area (Å²) in [7, 11) is -8.91. The lowest BCUT2D eigenvalue weighted by molar-refractivity contribution is 0.385. The highest BCUT2D eigenvalue weighted by molar-refractivity contribution is 7.92. The van der Waals surface area contributed by atoms with Crippen LogP contribution < -0.4 is 9.46 Å². The Balaban J connectivity index is 2.16. The second-order valence-electron chi connectivity index (χ2n) is 6.18. The van der Waals surface area contributed by atoms with E-state index in [0.29, 0.717) is 12.1 Å². The first kappa shape index (κ1) is 23.5. The fourth-order valence-electron chi connectivity index (χ4n) is 2.66. The molecule has 0 bridgehead atoms. The van der Waals surface area contributed by atoms with Gasteiger partial charge >= 0.3 is 0 Å². The zero-order chi connectivity index (χ0) is 23.8. The van der Waals surface area contributed by atoms with Crippen LogP contribution in [0.5, 0.6) is 5.75 Å². The van der Waals surface area contributed by atoms with Crippen LogP contribution in [-0.2, 0) is 19.9 Å². The number of sulfonamides is 1. The van der Waals surface area contributed by atoms with E-state index in [-0.39, 0.29) is 0 Å². The molecule has 13 heteroatoms. The molecule has 0 aromatic heterocycles. The van der Waals surface area contributed by atoms with Crippen LogP contribution in [0.15, 0.2) is 63.2 Å². The summed E-state index contributed by atoms with van der Waals surface area (Å²) in [4.78, 5) is -3.56. The zero-order valence-corrected chi connectivity index (χ0v) is 17.5. The molecule has 0 aliphatic rings. The maximum Gasteiger partial charge on any atom is 0.262 e. The Morgan fingerprint density at radius 1 is 0.750 bits per heavy atom. The molecule has 3 aromatic rings. The fourth-order valence-corrected chi connectivity index (χ4v) is 5.14. The topological polar surface area (TPSA) is 89.5 Å². The number of sulfone groups is 1. The SMILES string of the molecule is COc1ccc(S(=O)(=O)c2c(F)c(F)c(NS(=O)(=O)c3ccccc3)c(F)c2F)cc1F. The van der Waals surface area contributed by atoms with Crippen molar-refractivity contribution in [3.05, 3.63) is 77.6 Å². The third-order valence-corrected chi connectivity index (χ3v) is 7.35. The Kier molecular flexibility index (Phi) is 6.15. The molecule has 0 saturated heterocycles. The molecule has 170 valence electrons. The van der Waals surface area contributed by atoms with Gasteiger partial charge in [-0.25, -0.2) is 38.8 Å². The highest BCUT2D eigenvalue weighted by Crippen LogP contribution is 2.35. The molecule has 0 saturated carbocycles. The van der Waals surface area contributed by atoms with Crippen molar-refractivity contribution < 1.29 is 43.5 Å². The van der Waals surface area contributed by atoms with Crippen molar-refractivity contribution in [2.24, 2.45) is 0 Å². The monoisotopic (exact) mass is 493 g/mol. The lowest BCUT2D eigenvalue weighted by Crippen LogP contribution is -2.19. The molecule has 0 spiro atoms. The summed E-state index contributed by atoms with van der Waals surface area (Å²) in [5, 5.41) is 0. The molecule has 0 aliphatic heterocycles. The summed E-state index contributed by atoms with van der Waals surface area (Å²) in [6.07, 6.45) is 0. The summed E-state index contributed by atoms with van der Waals surface area (Å²) in [5.41, 5.74) is -1.76. The minimum atomic E-state index is -5.31. The molecule has 0 radical (unpaired) electrons. The van der Waals surface area contributed by atoms with Gasteiger partial charge in [0, 0.05) is 0 Å². The fraction of sp³-hybridized carbons (Fsp3) is 0.0526. The zero-order valence-electron chi connectivity index (χ0n) is 15.9. The van der Waals surface area contributed by atoms with E-state index in [2.05, 4.69) is 4.74 Å². The average Bonchev–Trinajstić information content (AvgIpc) is 2.76. The van der Waals surface area contributed by atoms with Crippen molar-refractivity contribution in [2.75, 3.05) is 11.8 Å². The Hall–Kier alpha value is -3.19. The van der Waals surface area contributed by atoms with Crippen LogP contribution in [0.3, 0.4) is 0 Å². The summed E-state index contributed by atoms with van der Waals surface area (Å²) in [6.45, 7) is 0. The largest absolute Gasteiger partial charge is 0.494 e. The van der Waals surface area contributed by atoms with Gasteiger partial charge in [0.2, 0.25) is 9.84 Å². The van der Waals surface area contributed by atoms with E-state index in [1.807, 2.05) is 0 Å². The van der Waals surface area contributed by atoms with Gasteiger partial charge in [0.25, 0.3) is 10.0 Å². The van der Waals surface area contributed by atoms with Gasteiger partial charge in [0.15, 0.2) is 34.8 Å². The number of hydrogen-bond donors (Lipinski definition) is 1. The van der Waals surface area contributed by atoms with Gasteiger partial charge in [-0.1, -0.05) is 18.2 Å². The number of benzene rings is 3. The molecule has 0 atom stereocenters. The first-order valence-electron chi connectivity index (χ1n) is 8.44. The molecule has 0 heterocycles. The van der Waals surface area contributed by atoms with Crippen molar-refractivity contribution in [1.82, 2.24) is 0 Å². The van der Waals surface area contributed by atoms with E-state index >= 15 is 0 Å². The standard InChI is InChI=1S/C19H12F5NO5S2/c1-30-13-8-7-11(9-12(13)20)31(26,27)19-16(23)14(21)18(15(22)17(19)24)25-32(28,29)10-5-3-2-4-6-10/h2-9,25H,1H3. The number of halogens is 5. The van der Waals surface area contributed by atoms with E-state index in [4.69, 9.17) is 0 Å². The molecule has 3 rings (SSSR count). The maximum absolute atomic E-state index is 14.6. The molecular formula is C19H12F5NO5S2. The van der Waals surface area contributed by atoms with E-state index in [1.54, 1.807) is 0 Å². The maximum atomic E-state index is 14.6. The Labute approximate surface area is 179 Å². The van der Waals surface area contributed by atoms with Crippen molar-refractivity contribution in [3.63, 3.8) is 0 Å². The Morgan fingerprint density at radius 2 is 1.31 bits per heavy atom. The lowest BCUT2D eigenvalue weighted by Gasteiger charge is -2.14. The molecule has 32 heavy (non-hydrogen) atoms. The van der Waals surface area contributed by atoms with E-state index < -0.39 is 75.1 Å². The predicted octanol–water partition coefficient (Wildman–Crippen LogP) is 4.02. The van der Waals surface area contributed by atoms with Gasteiger partial charge in [-0.15, -0.1) is 0 Å². The third-order valence-electron chi connectivity index (χ3n) is 4.22. The van der Waals surface area contributed by atoms with Crippen molar-refractivity contribution in [2.45, 2.75) is 14.7 Å². The highest BCUT2D eigenvalue weighted by Gasteiger charge is 2.36. The Morgan fingerprint density at radius 3 is 1.81 bits per heavy atom. The third kappa shape index (κ3) is 4.00. The van der Waals surface area contributed by atoms with Gasteiger partial charge in [-0.05, 0) is 30.3 Å². The van der Waals surface area contributed by atoms with Crippen LogP contribution in [0.25, 0.3) is 0 Å². The summed E-state index contributed by atoms with van der Waals surface area (Å²) >= 11 is 0. The first-order valence-corrected chi connectivity index (χ1v) is 11.4. The van der Waals surface area contributed by atoms with Crippen molar-refractivity contribution >= 4 is 25.5 Å². The van der Waals surface area contributed by atoms with Crippen molar-refractivity contribution in [3.8, 4) is 5.75 Å². The van der Waals surface area contributed by atoms with Crippen LogP contribution in [0.2, 0.25) is 0 Å². The second kappa shape index (κ2) is 8.39. The first-order chi connectivity index (χ1) is 14.9. The van der Waals surface area contributed by atoms with Gasteiger partial charge < -0.3 is 4.74 Å². The van der Waals surface area contributed by atoms with E-state index in [9.17, 15) is 38.8 Å². The predicted molar refractivity (Wildman–Crippen MR) is 102 cm³/mol. The minimum Gasteiger partial charge on any atom is -0.494 e. The van der Waals surface area contributed by atoms with Crippen LogP contribution in [0.4, 0.5) is 27.6 Å². The quantitative estimate of drug-likeness (QED) is 0.414. The van der Waals surface area contributed by atoms with Gasteiger partial charge in [0.1, 0.15) is 10.6 Å². The van der Waals surface area contributed by atoms with Crippen LogP contribution >= 0.6 is 0 Å². The Bertz CT molecular complexity index is 1380. The average molecular weight is 493 g/mol. The molecule has 0 unspecified atom stereocenters. The second-order valence-corrected chi connectivity index (χ2v) is 9.75. The molecule has 0 fully saturated rings. The highest BCUT2D eigenvalue weighted by atomic mass is 32.2. The summed E-state index contributed by atoms with van der Waals surface area (Å²) < 4.78 is 128. The van der Waals surface area contributed by atoms with Gasteiger partial charge in [-0.3, -0.25) is 4.72 Å². The summed E-state index contributed by atoms with van der Waals surface area (Å²) in [5.74, 6) is -11.0.